The minimum absolute atomic E-state index is 0.736. The highest BCUT2D eigenvalue weighted by molar-refractivity contribution is 6.31. The number of nitrogens with zero attached hydrogens (tertiary/aromatic N) is 1. The number of benzene rings is 2. The van der Waals surface area contributed by atoms with Crippen LogP contribution in [0.15, 0.2) is 54.7 Å². The van der Waals surface area contributed by atoms with Crippen LogP contribution in [0.1, 0.15) is 5.56 Å². The molecule has 0 saturated carbocycles. The van der Waals surface area contributed by atoms with Crippen molar-refractivity contribution in [3.63, 3.8) is 0 Å². The van der Waals surface area contributed by atoms with Crippen LogP contribution in [-0.2, 0) is 6.54 Å². The summed E-state index contributed by atoms with van der Waals surface area (Å²) in [6.45, 7) is 0.787. The van der Waals surface area contributed by atoms with Gasteiger partial charge in [0.25, 0.3) is 0 Å². The van der Waals surface area contributed by atoms with E-state index in [1.807, 2.05) is 44.6 Å². The van der Waals surface area contributed by atoms with Gasteiger partial charge in [-0.1, -0.05) is 23.7 Å². The first kappa shape index (κ1) is 14.7. The van der Waals surface area contributed by atoms with Gasteiger partial charge in [-0.15, -0.1) is 0 Å². The smallest absolute Gasteiger partial charge is 0.214 e. The number of rotatable bonds is 4. The van der Waals surface area contributed by atoms with E-state index in [4.69, 9.17) is 11.6 Å². The molecule has 0 spiro atoms. The first-order chi connectivity index (χ1) is 10.6. The summed E-state index contributed by atoms with van der Waals surface area (Å²) in [6, 6.07) is 16.5. The third kappa shape index (κ3) is 3.15. The van der Waals surface area contributed by atoms with Crippen molar-refractivity contribution in [2.75, 3.05) is 24.3 Å². The Morgan fingerprint density at radius 1 is 1.05 bits per heavy atom. The maximum Gasteiger partial charge on any atom is 0.214 e. The van der Waals surface area contributed by atoms with Crippen molar-refractivity contribution >= 4 is 33.9 Å². The first-order valence-electron chi connectivity index (χ1n) is 7.23. The van der Waals surface area contributed by atoms with Gasteiger partial charge in [0.2, 0.25) is 5.52 Å². The molecule has 0 unspecified atom stereocenters. The van der Waals surface area contributed by atoms with Gasteiger partial charge in [-0.25, -0.2) is 4.98 Å². The molecule has 0 aliphatic carbocycles. The molecule has 0 atom stereocenters. The molecule has 3 rings (SSSR count). The fourth-order valence-corrected chi connectivity index (χ4v) is 2.61. The van der Waals surface area contributed by atoms with Crippen LogP contribution in [0.3, 0.4) is 0 Å². The van der Waals surface area contributed by atoms with Crippen LogP contribution in [0.5, 0.6) is 0 Å². The Morgan fingerprint density at radius 3 is 2.55 bits per heavy atom. The number of anilines is 2. The number of aromatic nitrogens is 1. The van der Waals surface area contributed by atoms with Gasteiger partial charge in [-0.05, 0) is 29.8 Å². The Morgan fingerprint density at radius 2 is 1.82 bits per heavy atom. The molecule has 2 aromatic carbocycles. The molecular weight excluding hydrogens is 294 g/mol. The van der Waals surface area contributed by atoms with E-state index in [9.17, 15) is 0 Å². The predicted octanol–water partition coefficient (Wildman–Crippen LogP) is 3.99. The van der Waals surface area contributed by atoms with Crippen LogP contribution in [0, 0.1) is 0 Å². The number of hydrogen-bond donors (Lipinski definition) is 1. The Balaban J connectivity index is 1.79. The molecule has 0 fully saturated rings. The highest BCUT2D eigenvalue weighted by Crippen LogP contribution is 2.23. The average molecular weight is 313 g/mol. The second kappa shape index (κ2) is 6.24. The van der Waals surface area contributed by atoms with Gasteiger partial charge in [-0.3, -0.25) is 0 Å². The molecule has 22 heavy (non-hydrogen) atoms. The van der Waals surface area contributed by atoms with Crippen LogP contribution in [0.25, 0.3) is 10.9 Å². The number of halogens is 1. The summed E-state index contributed by atoms with van der Waals surface area (Å²) in [5, 5.41) is 5.37. The zero-order valence-corrected chi connectivity index (χ0v) is 13.5. The second-order valence-electron chi connectivity index (χ2n) is 5.50. The fourth-order valence-electron chi connectivity index (χ4n) is 2.44. The quantitative estimate of drug-likeness (QED) is 0.789. The van der Waals surface area contributed by atoms with Gasteiger partial charge in [0.15, 0.2) is 6.20 Å². The van der Waals surface area contributed by atoms with E-state index in [0.29, 0.717) is 0 Å². The van der Waals surface area contributed by atoms with Crippen molar-refractivity contribution in [1.82, 2.24) is 0 Å². The Kier molecular flexibility index (Phi) is 4.16. The van der Waals surface area contributed by atoms with Crippen LogP contribution in [0.4, 0.5) is 11.4 Å². The third-order valence-electron chi connectivity index (χ3n) is 3.70. The Hall–Kier alpha value is -2.26. The third-order valence-corrected chi connectivity index (χ3v) is 3.93. The molecule has 0 amide bonds. The zero-order valence-electron chi connectivity index (χ0n) is 12.7. The molecule has 0 bridgehead atoms. The normalized spacial score (nSPS) is 10.7. The fraction of sp³-hybridized carbons (Fsp3) is 0.167. The lowest BCUT2D eigenvalue weighted by Crippen LogP contribution is -2.09. The monoisotopic (exact) mass is 312 g/mol. The van der Waals surface area contributed by atoms with E-state index < -0.39 is 0 Å². The molecular formula is C18H19ClN3+. The summed E-state index contributed by atoms with van der Waals surface area (Å²) in [5.74, 6) is 0. The van der Waals surface area contributed by atoms with E-state index in [2.05, 4.69) is 39.5 Å². The number of aromatic amines is 1. The summed E-state index contributed by atoms with van der Waals surface area (Å²) < 4.78 is 0. The predicted molar refractivity (Wildman–Crippen MR) is 93.6 cm³/mol. The van der Waals surface area contributed by atoms with E-state index in [1.54, 1.807) is 0 Å². The Bertz CT molecular complexity index is 782. The van der Waals surface area contributed by atoms with E-state index in [1.165, 1.54) is 11.3 Å². The molecule has 0 aliphatic rings. The molecule has 2 N–H and O–H groups in total. The molecule has 3 nitrogen and oxygen atoms in total. The molecule has 1 aromatic heterocycles. The zero-order chi connectivity index (χ0) is 15.5. The van der Waals surface area contributed by atoms with Crippen LogP contribution in [-0.4, -0.2) is 14.1 Å². The minimum atomic E-state index is 0.736. The molecule has 1 heterocycles. The van der Waals surface area contributed by atoms with Gasteiger partial charge in [0.1, 0.15) is 0 Å². The van der Waals surface area contributed by atoms with Gasteiger partial charge in [-0.2, -0.15) is 0 Å². The summed E-state index contributed by atoms with van der Waals surface area (Å²) in [6.07, 6.45) is 1.93. The van der Waals surface area contributed by atoms with Crippen LogP contribution < -0.4 is 15.2 Å². The molecule has 0 saturated heterocycles. The number of H-pyrrole nitrogens is 1. The standard InChI is InChI=1S/C18H18ClN3/c1-22(2)15-6-3-13(4-7-15)12-21-17-9-10-20-18-11-14(19)5-8-16(17)18/h3-11H,12H2,1-2H3,(H,20,21)/p+1. The van der Waals surface area contributed by atoms with Crippen LogP contribution >= 0.6 is 11.6 Å². The lowest BCUT2D eigenvalue weighted by molar-refractivity contribution is -0.344. The molecule has 3 aromatic rings. The summed E-state index contributed by atoms with van der Waals surface area (Å²) in [5.41, 5.74) is 4.58. The summed E-state index contributed by atoms with van der Waals surface area (Å²) in [7, 11) is 4.09. The summed E-state index contributed by atoms with van der Waals surface area (Å²) in [4.78, 5) is 5.32. The van der Waals surface area contributed by atoms with Crippen molar-refractivity contribution in [2.24, 2.45) is 0 Å². The molecule has 4 heteroatoms. The average Bonchev–Trinajstić information content (AvgIpc) is 2.52. The first-order valence-corrected chi connectivity index (χ1v) is 7.61. The van der Waals surface area contributed by atoms with Gasteiger partial charge in [0.05, 0.1) is 11.1 Å². The molecule has 112 valence electrons. The van der Waals surface area contributed by atoms with E-state index in [-0.39, 0.29) is 0 Å². The Labute approximate surface area is 135 Å². The lowest BCUT2D eigenvalue weighted by atomic mass is 10.1. The van der Waals surface area contributed by atoms with Gasteiger partial charge < -0.3 is 10.2 Å². The number of pyridine rings is 1. The summed E-state index contributed by atoms with van der Waals surface area (Å²) >= 11 is 6.04. The van der Waals surface area contributed by atoms with Crippen molar-refractivity contribution in [1.29, 1.82) is 0 Å². The maximum atomic E-state index is 6.04. The number of fused-ring (bicyclic) bond motifs is 1. The number of nitrogens with one attached hydrogen (secondary N) is 2. The van der Waals surface area contributed by atoms with E-state index in [0.717, 1.165) is 28.2 Å². The SMILES string of the molecule is CN(C)c1ccc(CNc2cc[nH+]c3cc(Cl)ccc23)cc1. The lowest BCUT2D eigenvalue weighted by Gasteiger charge is -2.13. The maximum absolute atomic E-state index is 6.04. The topological polar surface area (TPSA) is 29.4 Å². The number of hydrogen-bond acceptors (Lipinski definition) is 2. The van der Waals surface area contributed by atoms with Gasteiger partial charge in [0, 0.05) is 43.5 Å². The van der Waals surface area contributed by atoms with Crippen molar-refractivity contribution in [3.8, 4) is 0 Å². The van der Waals surface area contributed by atoms with E-state index >= 15 is 0 Å². The van der Waals surface area contributed by atoms with Crippen molar-refractivity contribution in [2.45, 2.75) is 6.54 Å². The van der Waals surface area contributed by atoms with Crippen molar-refractivity contribution < 1.29 is 4.98 Å². The highest BCUT2D eigenvalue weighted by atomic mass is 35.5. The molecule has 0 aliphatic heterocycles. The minimum Gasteiger partial charge on any atom is -0.380 e. The second-order valence-corrected chi connectivity index (χ2v) is 5.93. The molecule has 0 radical (unpaired) electrons. The highest BCUT2D eigenvalue weighted by Gasteiger charge is 2.06. The largest absolute Gasteiger partial charge is 0.380 e. The van der Waals surface area contributed by atoms with Gasteiger partial charge >= 0.3 is 0 Å². The van der Waals surface area contributed by atoms with Crippen LogP contribution in [0.2, 0.25) is 5.02 Å². The van der Waals surface area contributed by atoms with Crippen molar-refractivity contribution in [3.05, 3.63) is 65.3 Å².